The molecule has 1 aromatic carbocycles. The molecule has 0 aliphatic rings. The summed E-state index contributed by atoms with van der Waals surface area (Å²) < 4.78 is 19.0. The summed E-state index contributed by atoms with van der Waals surface area (Å²) in [6.07, 6.45) is 3.22. The number of rotatable bonds is 3. The summed E-state index contributed by atoms with van der Waals surface area (Å²) in [5.74, 6) is -0.164. The Morgan fingerprint density at radius 1 is 1.31 bits per heavy atom. The normalized spacial score (nSPS) is 12.7. The number of aryl methyl sites for hydroxylation is 1. The van der Waals surface area contributed by atoms with Gasteiger partial charge in [-0.05, 0) is 25.6 Å². The van der Waals surface area contributed by atoms with Gasteiger partial charge >= 0.3 is 0 Å². The average molecular weight is 219 g/mol. The van der Waals surface area contributed by atoms with Crippen molar-refractivity contribution in [3.63, 3.8) is 0 Å². The Bertz CT molecular complexity index is 465. The second kappa shape index (κ2) is 4.49. The zero-order valence-corrected chi connectivity index (χ0v) is 9.33. The van der Waals surface area contributed by atoms with Crippen LogP contribution in [0.5, 0.6) is 0 Å². The van der Waals surface area contributed by atoms with Gasteiger partial charge in [0.1, 0.15) is 5.82 Å². The Morgan fingerprint density at radius 2 is 2.12 bits per heavy atom. The number of hydrogen-bond acceptors (Lipinski definition) is 2. The van der Waals surface area contributed by atoms with Gasteiger partial charge in [-0.1, -0.05) is 18.2 Å². The maximum Gasteiger partial charge on any atom is 0.131 e. The minimum Gasteiger partial charge on any atom is -0.472 e. The summed E-state index contributed by atoms with van der Waals surface area (Å²) in [6, 6.07) is 7.08. The SMILES string of the molecule is CNC(c1ccoc1)c1cccc(C)c1F. The van der Waals surface area contributed by atoms with Crippen LogP contribution in [-0.4, -0.2) is 7.05 Å². The standard InChI is InChI=1S/C13H14FNO/c1-9-4-3-5-11(12(9)14)13(15-2)10-6-7-16-8-10/h3-8,13,15H,1-2H3. The van der Waals surface area contributed by atoms with Crippen molar-refractivity contribution in [3.8, 4) is 0 Å². The molecule has 1 aromatic heterocycles. The van der Waals surface area contributed by atoms with Gasteiger partial charge < -0.3 is 9.73 Å². The van der Waals surface area contributed by atoms with Crippen molar-refractivity contribution in [1.82, 2.24) is 5.32 Å². The maximum absolute atomic E-state index is 14.0. The molecule has 2 aromatic rings. The Hall–Kier alpha value is -1.61. The van der Waals surface area contributed by atoms with Crippen LogP contribution in [-0.2, 0) is 0 Å². The number of benzene rings is 1. The zero-order valence-electron chi connectivity index (χ0n) is 9.33. The van der Waals surface area contributed by atoms with E-state index in [1.54, 1.807) is 38.6 Å². The van der Waals surface area contributed by atoms with Crippen LogP contribution in [0.25, 0.3) is 0 Å². The minimum absolute atomic E-state index is 0.164. The lowest BCUT2D eigenvalue weighted by molar-refractivity contribution is 0.546. The van der Waals surface area contributed by atoms with Crippen LogP contribution < -0.4 is 5.32 Å². The van der Waals surface area contributed by atoms with Crippen molar-refractivity contribution < 1.29 is 8.81 Å². The van der Waals surface area contributed by atoms with Gasteiger partial charge in [0.05, 0.1) is 18.6 Å². The largest absolute Gasteiger partial charge is 0.472 e. The van der Waals surface area contributed by atoms with Gasteiger partial charge in [-0.3, -0.25) is 0 Å². The molecular weight excluding hydrogens is 205 g/mol. The molecule has 1 heterocycles. The highest BCUT2D eigenvalue weighted by Gasteiger charge is 2.17. The summed E-state index contributed by atoms with van der Waals surface area (Å²) in [6.45, 7) is 1.76. The fraction of sp³-hybridized carbons (Fsp3) is 0.231. The van der Waals surface area contributed by atoms with Gasteiger partial charge in [0.15, 0.2) is 0 Å². The number of furan rings is 1. The molecule has 16 heavy (non-hydrogen) atoms. The second-order valence-electron chi connectivity index (χ2n) is 3.76. The molecule has 0 fully saturated rings. The fourth-order valence-corrected chi connectivity index (χ4v) is 1.83. The van der Waals surface area contributed by atoms with Crippen molar-refractivity contribution in [2.24, 2.45) is 0 Å². The van der Waals surface area contributed by atoms with E-state index >= 15 is 0 Å². The van der Waals surface area contributed by atoms with Crippen molar-refractivity contribution in [2.45, 2.75) is 13.0 Å². The zero-order chi connectivity index (χ0) is 11.5. The molecule has 1 atom stereocenters. The summed E-state index contributed by atoms with van der Waals surface area (Å²) in [7, 11) is 1.80. The highest BCUT2D eigenvalue weighted by Crippen LogP contribution is 2.25. The molecule has 0 aliphatic heterocycles. The predicted octanol–water partition coefficient (Wildman–Crippen LogP) is 3.04. The van der Waals surface area contributed by atoms with Crippen LogP contribution in [0.1, 0.15) is 22.7 Å². The number of nitrogens with one attached hydrogen (secondary N) is 1. The van der Waals surface area contributed by atoms with E-state index in [1.165, 1.54) is 0 Å². The average Bonchev–Trinajstić information content (AvgIpc) is 2.79. The van der Waals surface area contributed by atoms with Gasteiger partial charge in [-0.2, -0.15) is 0 Å². The van der Waals surface area contributed by atoms with Crippen LogP contribution >= 0.6 is 0 Å². The summed E-state index contributed by atoms with van der Waals surface area (Å²) in [5.41, 5.74) is 2.22. The lowest BCUT2D eigenvalue weighted by Gasteiger charge is -2.16. The van der Waals surface area contributed by atoms with Gasteiger partial charge in [-0.25, -0.2) is 4.39 Å². The molecule has 0 bridgehead atoms. The third-order valence-electron chi connectivity index (χ3n) is 2.70. The Labute approximate surface area is 94.1 Å². The molecule has 2 nitrogen and oxygen atoms in total. The fourth-order valence-electron chi connectivity index (χ4n) is 1.83. The quantitative estimate of drug-likeness (QED) is 0.858. The van der Waals surface area contributed by atoms with E-state index in [0.29, 0.717) is 11.1 Å². The van der Waals surface area contributed by atoms with Crippen LogP contribution in [0, 0.1) is 12.7 Å². The van der Waals surface area contributed by atoms with Crippen LogP contribution in [0.15, 0.2) is 41.2 Å². The molecule has 1 N–H and O–H groups in total. The summed E-state index contributed by atoms with van der Waals surface area (Å²) >= 11 is 0. The molecule has 84 valence electrons. The molecule has 0 spiro atoms. The first-order valence-electron chi connectivity index (χ1n) is 5.18. The topological polar surface area (TPSA) is 25.2 Å². The first-order valence-corrected chi connectivity index (χ1v) is 5.18. The maximum atomic E-state index is 14.0. The third kappa shape index (κ3) is 1.86. The summed E-state index contributed by atoms with van der Waals surface area (Å²) in [4.78, 5) is 0. The van der Waals surface area contributed by atoms with E-state index in [4.69, 9.17) is 4.42 Å². The van der Waals surface area contributed by atoms with E-state index in [2.05, 4.69) is 5.32 Å². The van der Waals surface area contributed by atoms with Crippen molar-refractivity contribution in [3.05, 3.63) is 59.3 Å². The molecule has 0 saturated heterocycles. The number of hydrogen-bond donors (Lipinski definition) is 1. The molecule has 3 heteroatoms. The molecule has 1 unspecified atom stereocenters. The smallest absolute Gasteiger partial charge is 0.131 e. The lowest BCUT2D eigenvalue weighted by Crippen LogP contribution is -2.18. The monoisotopic (exact) mass is 219 g/mol. The molecule has 0 saturated carbocycles. The third-order valence-corrected chi connectivity index (χ3v) is 2.70. The van der Waals surface area contributed by atoms with Crippen LogP contribution in [0.2, 0.25) is 0 Å². The van der Waals surface area contributed by atoms with Gasteiger partial charge in [0.25, 0.3) is 0 Å². The van der Waals surface area contributed by atoms with E-state index in [9.17, 15) is 4.39 Å². The highest BCUT2D eigenvalue weighted by atomic mass is 19.1. The first-order chi connectivity index (χ1) is 7.74. The Balaban J connectivity index is 2.45. The minimum atomic E-state index is -0.168. The molecule has 0 aliphatic carbocycles. The van der Waals surface area contributed by atoms with Crippen LogP contribution in [0.4, 0.5) is 4.39 Å². The highest BCUT2D eigenvalue weighted by molar-refractivity contribution is 5.33. The van der Waals surface area contributed by atoms with E-state index in [-0.39, 0.29) is 11.9 Å². The molecule has 2 rings (SSSR count). The van der Waals surface area contributed by atoms with E-state index in [1.807, 2.05) is 12.1 Å². The molecule has 0 amide bonds. The van der Waals surface area contributed by atoms with Gasteiger partial charge in [-0.15, -0.1) is 0 Å². The first kappa shape index (κ1) is 10.9. The van der Waals surface area contributed by atoms with E-state index in [0.717, 1.165) is 5.56 Å². The lowest BCUT2D eigenvalue weighted by atomic mass is 9.99. The number of halogens is 1. The van der Waals surface area contributed by atoms with Crippen molar-refractivity contribution in [1.29, 1.82) is 0 Å². The van der Waals surface area contributed by atoms with Crippen molar-refractivity contribution in [2.75, 3.05) is 7.05 Å². The van der Waals surface area contributed by atoms with Gasteiger partial charge in [0.2, 0.25) is 0 Å². The van der Waals surface area contributed by atoms with Crippen LogP contribution in [0.3, 0.4) is 0 Å². The second-order valence-corrected chi connectivity index (χ2v) is 3.76. The molecule has 0 radical (unpaired) electrons. The van der Waals surface area contributed by atoms with Gasteiger partial charge in [0, 0.05) is 11.1 Å². The summed E-state index contributed by atoms with van der Waals surface area (Å²) in [5, 5.41) is 3.09. The predicted molar refractivity (Wildman–Crippen MR) is 60.7 cm³/mol. The molecular formula is C13H14FNO. The Morgan fingerprint density at radius 3 is 2.75 bits per heavy atom. The Kier molecular flexibility index (Phi) is 3.06. The van der Waals surface area contributed by atoms with E-state index < -0.39 is 0 Å². The van der Waals surface area contributed by atoms with Crippen molar-refractivity contribution >= 4 is 0 Å².